The lowest BCUT2D eigenvalue weighted by atomic mass is 9.93. The van der Waals surface area contributed by atoms with E-state index in [0.29, 0.717) is 5.66 Å². The van der Waals surface area contributed by atoms with E-state index in [1.807, 2.05) is 0 Å². The molecule has 0 fully saturated rings. The minimum absolute atomic E-state index is 0. The molecule has 0 bridgehead atoms. The Bertz CT molecular complexity index is 581. The standard InChI is InChI=1S/C17H21OP.BH3/c1-11-10-15(12(2)13(3)16(11)18-4)17(19)14-8-6-5-7-9-14;/h5-10,17H,19H2,1-4H3;1H3. The van der Waals surface area contributed by atoms with E-state index < -0.39 is 0 Å². The normalized spacial score (nSPS) is 11.7. The van der Waals surface area contributed by atoms with Gasteiger partial charge >= 0.3 is 0 Å². The van der Waals surface area contributed by atoms with Gasteiger partial charge in [-0.3, -0.25) is 0 Å². The lowest BCUT2D eigenvalue weighted by molar-refractivity contribution is 0.408. The van der Waals surface area contributed by atoms with Crippen LogP contribution >= 0.6 is 9.24 Å². The van der Waals surface area contributed by atoms with E-state index in [1.54, 1.807) is 7.11 Å². The highest BCUT2D eigenvalue weighted by Crippen LogP contribution is 2.38. The summed E-state index contributed by atoms with van der Waals surface area (Å²) in [5, 5.41) is 0. The molecule has 0 heterocycles. The Hall–Kier alpha value is -1.27. The van der Waals surface area contributed by atoms with Crippen LogP contribution in [0.15, 0.2) is 36.4 Å². The minimum atomic E-state index is 0. The molecule has 0 spiro atoms. The van der Waals surface area contributed by atoms with Gasteiger partial charge in [0.25, 0.3) is 0 Å². The van der Waals surface area contributed by atoms with Crippen molar-refractivity contribution in [1.29, 1.82) is 0 Å². The van der Waals surface area contributed by atoms with Gasteiger partial charge in [-0.1, -0.05) is 36.4 Å². The van der Waals surface area contributed by atoms with Crippen LogP contribution in [0, 0.1) is 20.8 Å². The van der Waals surface area contributed by atoms with Crippen molar-refractivity contribution < 1.29 is 4.74 Å². The summed E-state index contributed by atoms with van der Waals surface area (Å²) in [6, 6.07) is 12.8. The molecule has 0 aliphatic carbocycles. The Labute approximate surface area is 126 Å². The highest BCUT2D eigenvalue weighted by atomic mass is 31.0. The molecule has 0 aromatic heterocycles. The smallest absolute Gasteiger partial charge is 0.124 e. The highest BCUT2D eigenvalue weighted by Gasteiger charge is 2.16. The number of ether oxygens (including phenoxy) is 1. The third-order valence-electron chi connectivity index (χ3n) is 3.76. The SMILES string of the molecule is B.COc1c(C)cc(C(P)c2ccccc2)c(C)c1C. The summed E-state index contributed by atoms with van der Waals surface area (Å²) >= 11 is 0. The maximum atomic E-state index is 5.49. The van der Waals surface area contributed by atoms with Crippen molar-refractivity contribution in [3.63, 3.8) is 0 Å². The van der Waals surface area contributed by atoms with E-state index in [0.717, 1.165) is 5.75 Å². The maximum absolute atomic E-state index is 5.49. The number of aryl methyl sites for hydroxylation is 1. The Morgan fingerprint density at radius 1 is 1.00 bits per heavy atom. The lowest BCUT2D eigenvalue weighted by Gasteiger charge is -2.20. The van der Waals surface area contributed by atoms with Gasteiger partial charge in [0.1, 0.15) is 5.75 Å². The van der Waals surface area contributed by atoms with Gasteiger partial charge in [-0.2, -0.15) is 0 Å². The second-order valence-corrected chi connectivity index (χ2v) is 5.62. The van der Waals surface area contributed by atoms with Gasteiger partial charge in [-0.15, -0.1) is 9.24 Å². The Morgan fingerprint density at radius 3 is 2.15 bits per heavy atom. The monoisotopic (exact) mass is 286 g/mol. The van der Waals surface area contributed by atoms with E-state index >= 15 is 0 Å². The van der Waals surface area contributed by atoms with Crippen molar-refractivity contribution in [2.45, 2.75) is 26.4 Å². The van der Waals surface area contributed by atoms with Gasteiger partial charge in [-0.25, -0.2) is 0 Å². The van der Waals surface area contributed by atoms with E-state index in [4.69, 9.17) is 4.74 Å². The fourth-order valence-electron chi connectivity index (χ4n) is 2.57. The number of benzene rings is 2. The number of hydrogen-bond donors (Lipinski definition) is 0. The summed E-state index contributed by atoms with van der Waals surface area (Å²) in [6.07, 6.45) is 0. The molecule has 1 nitrogen and oxygen atoms in total. The second kappa shape index (κ2) is 6.95. The van der Waals surface area contributed by atoms with Crippen molar-refractivity contribution in [2.75, 3.05) is 7.11 Å². The van der Waals surface area contributed by atoms with Crippen LogP contribution in [0.5, 0.6) is 5.75 Å². The second-order valence-electron chi connectivity index (χ2n) is 4.95. The van der Waals surface area contributed by atoms with Crippen molar-refractivity contribution >= 4 is 17.7 Å². The van der Waals surface area contributed by atoms with Gasteiger partial charge in [0, 0.05) is 5.66 Å². The Morgan fingerprint density at radius 2 is 1.60 bits per heavy atom. The Balaban J connectivity index is 0.00000200. The number of hydrogen-bond acceptors (Lipinski definition) is 1. The van der Waals surface area contributed by atoms with E-state index in [2.05, 4.69) is 66.4 Å². The predicted octanol–water partition coefficient (Wildman–Crippen LogP) is 3.40. The molecular formula is C17H24BOP. The fraction of sp³-hybridized carbons (Fsp3) is 0.294. The van der Waals surface area contributed by atoms with Gasteiger partial charge in [-0.05, 0) is 48.6 Å². The molecule has 2 aromatic rings. The summed E-state index contributed by atoms with van der Waals surface area (Å²) in [6.45, 7) is 6.41. The van der Waals surface area contributed by atoms with Crippen molar-refractivity contribution in [3.05, 3.63) is 64.2 Å². The minimum Gasteiger partial charge on any atom is -0.496 e. The molecule has 2 atom stereocenters. The van der Waals surface area contributed by atoms with Gasteiger partial charge in [0.2, 0.25) is 0 Å². The molecule has 0 saturated carbocycles. The molecule has 2 unspecified atom stereocenters. The third-order valence-corrected chi connectivity index (χ3v) is 4.51. The average Bonchev–Trinajstić information content (AvgIpc) is 2.43. The zero-order valence-electron chi connectivity index (χ0n) is 12.0. The summed E-state index contributed by atoms with van der Waals surface area (Å²) < 4.78 is 5.49. The van der Waals surface area contributed by atoms with Crippen molar-refractivity contribution in [3.8, 4) is 5.75 Å². The lowest BCUT2D eigenvalue weighted by Crippen LogP contribution is -2.02. The fourth-order valence-corrected chi connectivity index (χ4v) is 3.14. The molecule has 2 rings (SSSR count). The molecule has 0 radical (unpaired) electrons. The quantitative estimate of drug-likeness (QED) is 0.620. The first-order chi connectivity index (χ1) is 9.06. The highest BCUT2D eigenvalue weighted by molar-refractivity contribution is 7.17. The van der Waals surface area contributed by atoms with Gasteiger partial charge < -0.3 is 4.74 Å². The maximum Gasteiger partial charge on any atom is 0.124 e. The van der Waals surface area contributed by atoms with Crippen molar-refractivity contribution in [1.82, 2.24) is 0 Å². The first kappa shape index (κ1) is 16.8. The topological polar surface area (TPSA) is 9.23 Å². The molecule has 0 N–H and O–H groups in total. The molecule has 0 aliphatic heterocycles. The van der Waals surface area contributed by atoms with Crippen LogP contribution in [0.4, 0.5) is 0 Å². The summed E-state index contributed by atoms with van der Waals surface area (Å²) in [4.78, 5) is 0. The molecule has 0 aliphatic rings. The Kier molecular flexibility index (Phi) is 5.83. The van der Waals surface area contributed by atoms with Crippen LogP contribution < -0.4 is 4.74 Å². The number of methoxy groups -OCH3 is 1. The van der Waals surface area contributed by atoms with E-state index in [9.17, 15) is 0 Å². The first-order valence-corrected chi connectivity index (χ1v) is 7.18. The zero-order valence-corrected chi connectivity index (χ0v) is 13.2. The van der Waals surface area contributed by atoms with Crippen LogP contribution in [-0.2, 0) is 0 Å². The van der Waals surface area contributed by atoms with Crippen LogP contribution in [0.25, 0.3) is 0 Å². The first-order valence-electron chi connectivity index (χ1n) is 6.51. The molecule has 3 heteroatoms. The third kappa shape index (κ3) is 3.07. The van der Waals surface area contributed by atoms with Gasteiger partial charge in [0.15, 0.2) is 0 Å². The zero-order chi connectivity index (χ0) is 14.0. The molecule has 20 heavy (non-hydrogen) atoms. The summed E-state index contributed by atoms with van der Waals surface area (Å²) in [5.41, 5.74) is 6.74. The molecule has 106 valence electrons. The largest absolute Gasteiger partial charge is 0.496 e. The summed E-state index contributed by atoms with van der Waals surface area (Å²) in [7, 11) is 4.70. The van der Waals surface area contributed by atoms with Crippen LogP contribution in [0.2, 0.25) is 0 Å². The van der Waals surface area contributed by atoms with Crippen LogP contribution in [0.1, 0.15) is 33.5 Å². The van der Waals surface area contributed by atoms with Crippen molar-refractivity contribution in [2.24, 2.45) is 0 Å². The molecular weight excluding hydrogens is 262 g/mol. The van der Waals surface area contributed by atoms with E-state index in [-0.39, 0.29) is 8.41 Å². The molecule has 2 aromatic carbocycles. The average molecular weight is 286 g/mol. The predicted molar refractivity (Wildman–Crippen MR) is 95.1 cm³/mol. The number of rotatable bonds is 3. The van der Waals surface area contributed by atoms with Crippen LogP contribution in [-0.4, -0.2) is 15.5 Å². The van der Waals surface area contributed by atoms with Crippen LogP contribution in [0.3, 0.4) is 0 Å². The van der Waals surface area contributed by atoms with E-state index in [1.165, 1.54) is 27.8 Å². The van der Waals surface area contributed by atoms with Gasteiger partial charge in [0.05, 0.1) is 15.5 Å². The summed E-state index contributed by atoms with van der Waals surface area (Å²) in [5.74, 6) is 1.01. The molecule has 0 saturated heterocycles. The molecule has 0 amide bonds.